The first-order valence-corrected chi connectivity index (χ1v) is 3.67. The highest BCUT2D eigenvalue weighted by Crippen LogP contribution is 1.87. The zero-order chi connectivity index (χ0) is 10.4. The summed E-state index contributed by atoms with van der Waals surface area (Å²) in [5, 5.41) is 10.7. The van der Waals surface area contributed by atoms with E-state index in [1.54, 1.807) is 0 Å². The minimum Gasteiger partial charge on any atom is -0.480 e. The summed E-state index contributed by atoms with van der Waals surface area (Å²) in [5.41, 5.74) is 0. The summed E-state index contributed by atoms with van der Waals surface area (Å²) in [5.74, 6) is 1.19. The van der Waals surface area contributed by atoms with E-state index in [1.165, 1.54) is 18.9 Å². The number of terminal acetylenes is 1. The third kappa shape index (κ3) is 4.01. The van der Waals surface area contributed by atoms with Crippen molar-refractivity contribution < 1.29 is 14.7 Å². The highest BCUT2D eigenvalue weighted by molar-refractivity contribution is 5.82. The lowest BCUT2D eigenvalue weighted by Gasteiger charge is -2.16. The van der Waals surface area contributed by atoms with Gasteiger partial charge in [-0.15, -0.1) is 6.42 Å². The van der Waals surface area contributed by atoms with Gasteiger partial charge in [0.15, 0.2) is 0 Å². The number of amides is 2. The Morgan fingerprint density at radius 3 is 2.62 bits per heavy atom. The fourth-order valence-corrected chi connectivity index (χ4v) is 0.566. The van der Waals surface area contributed by atoms with Gasteiger partial charge in [0.2, 0.25) is 0 Å². The molecule has 0 aliphatic heterocycles. The van der Waals surface area contributed by atoms with Crippen molar-refractivity contribution in [1.82, 2.24) is 10.2 Å². The molecule has 0 radical (unpaired) electrons. The first-order chi connectivity index (χ1) is 5.99. The van der Waals surface area contributed by atoms with E-state index < -0.39 is 18.0 Å². The van der Waals surface area contributed by atoms with Crippen LogP contribution in [0.15, 0.2) is 0 Å². The van der Waals surface area contributed by atoms with Crippen LogP contribution in [-0.4, -0.2) is 41.6 Å². The van der Waals surface area contributed by atoms with Crippen molar-refractivity contribution in [2.45, 2.75) is 13.0 Å². The van der Waals surface area contributed by atoms with Gasteiger partial charge in [0.1, 0.15) is 6.04 Å². The summed E-state index contributed by atoms with van der Waals surface area (Å²) < 4.78 is 0. The number of nitrogens with one attached hydrogen (secondary N) is 1. The van der Waals surface area contributed by atoms with E-state index in [-0.39, 0.29) is 6.54 Å². The number of aliphatic carboxylic acids is 1. The van der Waals surface area contributed by atoms with Crippen molar-refractivity contribution in [3.63, 3.8) is 0 Å². The summed E-state index contributed by atoms with van der Waals surface area (Å²) in [6, 6.07) is -1.40. The maximum absolute atomic E-state index is 11.1. The molecule has 0 rings (SSSR count). The minimum absolute atomic E-state index is 0.151. The van der Waals surface area contributed by atoms with Gasteiger partial charge in [-0.3, -0.25) is 4.79 Å². The number of carbonyl (C=O) groups excluding carboxylic acids is 1. The third-order valence-electron chi connectivity index (χ3n) is 1.39. The Hall–Kier alpha value is -1.70. The number of urea groups is 1. The van der Waals surface area contributed by atoms with Gasteiger partial charge in [0, 0.05) is 7.05 Å². The van der Waals surface area contributed by atoms with Gasteiger partial charge in [-0.1, -0.05) is 5.92 Å². The van der Waals surface area contributed by atoms with Crippen LogP contribution in [0.1, 0.15) is 6.92 Å². The molecule has 0 saturated carbocycles. The molecule has 72 valence electrons. The van der Waals surface area contributed by atoms with E-state index in [0.717, 1.165) is 0 Å². The van der Waals surface area contributed by atoms with E-state index in [4.69, 9.17) is 11.5 Å². The second-order valence-corrected chi connectivity index (χ2v) is 2.57. The molecular formula is C8H12N2O3. The number of hydrogen-bond donors (Lipinski definition) is 2. The molecule has 0 aromatic rings. The highest BCUT2D eigenvalue weighted by atomic mass is 16.4. The number of carboxylic acids is 1. The molecule has 0 saturated heterocycles. The lowest BCUT2D eigenvalue weighted by Crippen LogP contribution is -2.45. The Labute approximate surface area is 76.7 Å². The van der Waals surface area contributed by atoms with E-state index in [0.29, 0.717) is 0 Å². The maximum atomic E-state index is 11.1. The molecule has 0 unspecified atom stereocenters. The van der Waals surface area contributed by atoms with Crippen molar-refractivity contribution in [2.24, 2.45) is 0 Å². The third-order valence-corrected chi connectivity index (χ3v) is 1.39. The molecular weight excluding hydrogens is 172 g/mol. The Morgan fingerprint density at radius 2 is 2.23 bits per heavy atom. The van der Waals surface area contributed by atoms with Crippen LogP contribution in [0, 0.1) is 12.3 Å². The summed E-state index contributed by atoms with van der Waals surface area (Å²) in [7, 11) is 1.49. The van der Waals surface area contributed by atoms with Gasteiger partial charge >= 0.3 is 12.0 Å². The summed E-state index contributed by atoms with van der Waals surface area (Å²) in [6.07, 6.45) is 4.97. The van der Waals surface area contributed by atoms with Crippen LogP contribution >= 0.6 is 0 Å². The van der Waals surface area contributed by atoms with Crippen molar-refractivity contribution in [2.75, 3.05) is 13.6 Å². The topological polar surface area (TPSA) is 69.6 Å². The van der Waals surface area contributed by atoms with Gasteiger partial charge in [-0.25, -0.2) is 4.79 Å². The van der Waals surface area contributed by atoms with Crippen molar-refractivity contribution >= 4 is 12.0 Å². The fraction of sp³-hybridized carbons (Fsp3) is 0.500. The molecule has 0 aliphatic carbocycles. The van der Waals surface area contributed by atoms with Crippen LogP contribution in [0.2, 0.25) is 0 Å². The Balaban J connectivity index is 4.01. The normalized spacial score (nSPS) is 11.2. The second-order valence-electron chi connectivity index (χ2n) is 2.57. The number of carboxylic acid groups (broad SMARTS) is 1. The van der Waals surface area contributed by atoms with Crippen LogP contribution in [0.4, 0.5) is 4.79 Å². The van der Waals surface area contributed by atoms with Gasteiger partial charge in [0.25, 0.3) is 0 Å². The molecule has 13 heavy (non-hydrogen) atoms. The summed E-state index contributed by atoms with van der Waals surface area (Å²) in [6.45, 7) is 1.53. The zero-order valence-electron chi connectivity index (χ0n) is 7.57. The highest BCUT2D eigenvalue weighted by Gasteiger charge is 2.15. The van der Waals surface area contributed by atoms with Gasteiger partial charge in [0.05, 0.1) is 6.54 Å². The first kappa shape index (κ1) is 11.3. The first-order valence-electron chi connectivity index (χ1n) is 3.67. The largest absolute Gasteiger partial charge is 0.480 e. The standard InChI is InChI=1S/C8H12N2O3/c1-4-5-10(3)8(13)9-6(2)7(11)12/h1,6H,5H2,2-3H3,(H,9,13)(H,11,12)/t6-/m1/s1. The quantitative estimate of drug-likeness (QED) is 0.593. The van der Waals surface area contributed by atoms with Gasteiger partial charge in [-0.05, 0) is 6.92 Å². The fourth-order valence-electron chi connectivity index (χ4n) is 0.566. The second kappa shape index (κ2) is 5.04. The van der Waals surface area contributed by atoms with E-state index in [1.807, 2.05) is 0 Å². The van der Waals surface area contributed by atoms with Gasteiger partial charge in [-0.2, -0.15) is 0 Å². The molecule has 0 aliphatic rings. The SMILES string of the molecule is C#CCN(C)C(=O)N[C@H](C)C(=O)O. The lowest BCUT2D eigenvalue weighted by atomic mass is 10.3. The molecule has 0 spiro atoms. The molecule has 0 heterocycles. The average Bonchev–Trinajstić information content (AvgIpc) is 2.04. The monoisotopic (exact) mass is 184 g/mol. The summed E-state index contributed by atoms with van der Waals surface area (Å²) >= 11 is 0. The number of carbonyl (C=O) groups is 2. The number of hydrogen-bond acceptors (Lipinski definition) is 2. The van der Waals surface area contributed by atoms with Crippen molar-refractivity contribution in [3.05, 3.63) is 0 Å². The van der Waals surface area contributed by atoms with Crippen molar-refractivity contribution in [3.8, 4) is 12.3 Å². The summed E-state index contributed by atoms with van der Waals surface area (Å²) in [4.78, 5) is 22.7. The smallest absolute Gasteiger partial charge is 0.325 e. The lowest BCUT2D eigenvalue weighted by molar-refractivity contribution is -0.138. The predicted octanol–water partition coefficient (Wildman–Crippen LogP) is -0.266. The van der Waals surface area contributed by atoms with Crippen LogP contribution < -0.4 is 5.32 Å². The van der Waals surface area contributed by atoms with E-state index in [2.05, 4.69) is 11.2 Å². The molecule has 2 N–H and O–H groups in total. The van der Waals surface area contributed by atoms with E-state index >= 15 is 0 Å². The molecule has 1 atom stereocenters. The molecule has 2 amide bonds. The van der Waals surface area contributed by atoms with E-state index in [9.17, 15) is 9.59 Å². The Bertz CT molecular complexity index is 244. The van der Waals surface area contributed by atoms with Gasteiger partial charge < -0.3 is 15.3 Å². The van der Waals surface area contributed by atoms with Crippen LogP contribution in [0.3, 0.4) is 0 Å². The number of rotatable bonds is 3. The minimum atomic E-state index is -1.08. The molecule has 0 aromatic carbocycles. The van der Waals surface area contributed by atoms with Crippen molar-refractivity contribution in [1.29, 1.82) is 0 Å². The molecule has 5 nitrogen and oxygen atoms in total. The molecule has 0 fully saturated rings. The predicted molar refractivity (Wildman–Crippen MR) is 47.1 cm³/mol. The van der Waals surface area contributed by atoms with Crippen LogP contribution in [-0.2, 0) is 4.79 Å². The van der Waals surface area contributed by atoms with Crippen LogP contribution in [0.5, 0.6) is 0 Å². The zero-order valence-corrected chi connectivity index (χ0v) is 7.57. The number of nitrogens with zero attached hydrogens (tertiary/aromatic N) is 1. The molecule has 5 heteroatoms. The molecule has 0 aromatic heterocycles. The Kier molecular flexibility index (Phi) is 4.38. The molecule has 0 bridgehead atoms. The van der Waals surface area contributed by atoms with Crippen LogP contribution in [0.25, 0.3) is 0 Å². The Morgan fingerprint density at radius 1 is 1.69 bits per heavy atom. The average molecular weight is 184 g/mol. The maximum Gasteiger partial charge on any atom is 0.325 e.